The van der Waals surface area contributed by atoms with Gasteiger partial charge in [-0.2, -0.15) is 0 Å². The molecule has 1 saturated heterocycles. The van der Waals surface area contributed by atoms with Crippen LogP contribution in [0.3, 0.4) is 0 Å². The lowest BCUT2D eigenvalue weighted by Crippen LogP contribution is -2.66. The summed E-state index contributed by atoms with van der Waals surface area (Å²) in [7, 11) is 1.46. The van der Waals surface area contributed by atoms with Gasteiger partial charge in [0.05, 0.1) is 44.1 Å². The fraction of sp³-hybridized carbons (Fsp3) is 0.733. The lowest BCUT2D eigenvalue weighted by Gasteiger charge is -2.47. The summed E-state index contributed by atoms with van der Waals surface area (Å²) in [5.41, 5.74) is -0.573. The number of carbonyl (C=O) groups is 2. The van der Waals surface area contributed by atoms with Gasteiger partial charge in [0.15, 0.2) is 6.29 Å². The molecule has 0 aromatic heterocycles. The van der Waals surface area contributed by atoms with Gasteiger partial charge in [-0.05, 0) is 70.6 Å². The maximum atomic E-state index is 14.0. The van der Waals surface area contributed by atoms with E-state index in [1.807, 2.05) is 0 Å². The molecule has 1 aromatic carbocycles. The van der Waals surface area contributed by atoms with Gasteiger partial charge >= 0.3 is 6.09 Å². The van der Waals surface area contributed by atoms with Crippen LogP contribution >= 0.6 is 0 Å². The van der Waals surface area contributed by atoms with Crippen molar-refractivity contribution in [2.24, 2.45) is 5.92 Å². The van der Waals surface area contributed by atoms with E-state index in [2.05, 4.69) is 5.32 Å². The van der Waals surface area contributed by atoms with E-state index in [9.17, 15) is 23.5 Å². The van der Waals surface area contributed by atoms with Crippen LogP contribution in [0.1, 0.15) is 71.8 Å². The van der Waals surface area contributed by atoms with Crippen LogP contribution in [-0.2, 0) is 30.2 Å². The van der Waals surface area contributed by atoms with Gasteiger partial charge in [0.2, 0.25) is 5.91 Å². The fourth-order valence-electron chi connectivity index (χ4n) is 5.48. The van der Waals surface area contributed by atoms with Crippen LogP contribution < -0.4 is 5.32 Å². The molecular weight excluding hydrogens is 538 g/mol. The summed E-state index contributed by atoms with van der Waals surface area (Å²) in [6, 6.07) is 0.459. The zero-order valence-electron chi connectivity index (χ0n) is 24.9. The molecule has 2 fully saturated rings. The number of nitrogens with one attached hydrogen (secondary N) is 1. The molecule has 3 rings (SSSR count). The van der Waals surface area contributed by atoms with E-state index in [1.54, 1.807) is 27.7 Å². The number of hydrogen-bond acceptors (Lipinski definition) is 7. The molecule has 1 saturated carbocycles. The standard InChI is InChI=1S/C30H46F2N2O7/c1-19-28(39-17-20-9-7-6-8-10-20)40-18-25(34(19)29(37)41-30(2,3)4)27(36)24(33-26(35)11-12-38-5)15-21-13-22(31)16-23(32)14-21/h13-14,16,19-20,24-25,27-28,36H,6-12,15,17-18H2,1-5H3,(H,33,35)/t19-,24-,25+,27-,28+/m0/s1. The third-order valence-electron chi connectivity index (χ3n) is 7.51. The number of rotatable bonds is 11. The van der Waals surface area contributed by atoms with E-state index in [0.29, 0.717) is 12.5 Å². The second kappa shape index (κ2) is 15.2. The second-order valence-corrected chi connectivity index (χ2v) is 12.1. The van der Waals surface area contributed by atoms with E-state index in [0.717, 1.165) is 31.0 Å². The van der Waals surface area contributed by atoms with Crippen molar-refractivity contribution in [2.75, 3.05) is 26.9 Å². The minimum Gasteiger partial charge on any atom is -0.444 e. The fourth-order valence-corrected chi connectivity index (χ4v) is 5.48. The highest BCUT2D eigenvalue weighted by atomic mass is 19.1. The number of ether oxygens (including phenoxy) is 4. The Morgan fingerprint density at radius 2 is 1.80 bits per heavy atom. The minimum atomic E-state index is -1.37. The molecular formula is C30H46F2N2O7. The van der Waals surface area contributed by atoms with E-state index in [1.165, 1.54) is 31.3 Å². The topological polar surface area (TPSA) is 107 Å². The van der Waals surface area contributed by atoms with Crippen molar-refractivity contribution in [3.8, 4) is 0 Å². The van der Waals surface area contributed by atoms with Crippen LogP contribution in [0, 0.1) is 17.6 Å². The molecule has 1 aromatic rings. The summed E-state index contributed by atoms with van der Waals surface area (Å²) in [6.07, 6.45) is 2.88. The monoisotopic (exact) mass is 584 g/mol. The van der Waals surface area contributed by atoms with Crippen molar-refractivity contribution in [3.05, 3.63) is 35.4 Å². The summed E-state index contributed by atoms with van der Waals surface area (Å²) in [6.45, 7) is 7.57. The molecule has 0 unspecified atom stereocenters. The van der Waals surface area contributed by atoms with Crippen LogP contribution in [0.4, 0.5) is 13.6 Å². The Labute approximate surface area is 241 Å². The molecule has 1 heterocycles. The Morgan fingerprint density at radius 3 is 2.41 bits per heavy atom. The normalized spacial score (nSPS) is 23.6. The molecule has 1 aliphatic heterocycles. The molecule has 41 heavy (non-hydrogen) atoms. The molecule has 9 nitrogen and oxygen atoms in total. The number of amides is 2. The van der Waals surface area contributed by atoms with Crippen molar-refractivity contribution in [2.45, 2.75) is 109 Å². The highest BCUT2D eigenvalue weighted by Crippen LogP contribution is 2.29. The summed E-state index contributed by atoms with van der Waals surface area (Å²) in [5.74, 6) is -1.55. The van der Waals surface area contributed by atoms with Crippen molar-refractivity contribution in [1.82, 2.24) is 10.2 Å². The third kappa shape index (κ3) is 10.2. The zero-order valence-corrected chi connectivity index (χ0v) is 24.9. The van der Waals surface area contributed by atoms with E-state index < -0.39 is 59.8 Å². The largest absolute Gasteiger partial charge is 0.444 e. The summed E-state index contributed by atoms with van der Waals surface area (Å²) < 4.78 is 50.8. The number of methoxy groups -OCH3 is 1. The molecule has 2 amide bonds. The Kier molecular flexibility index (Phi) is 12.3. The highest BCUT2D eigenvalue weighted by Gasteiger charge is 2.46. The van der Waals surface area contributed by atoms with Gasteiger partial charge in [0, 0.05) is 19.6 Å². The molecule has 0 radical (unpaired) electrons. The first-order valence-corrected chi connectivity index (χ1v) is 14.5. The first-order chi connectivity index (χ1) is 19.4. The summed E-state index contributed by atoms with van der Waals surface area (Å²) in [4.78, 5) is 27.6. The number of halogens is 2. The minimum absolute atomic E-state index is 0.0155. The van der Waals surface area contributed by atoms with Crippen LogP contribution in [0.5, 0.6) is 0 Å². The molecule has 232 valence electrons. The molecule has 1 aliphatic carbocycles. The lowest BCUT2D eigenvalue weighted by atomic mass is 9.90. The molecule has 2 N–H and O–H groups in total. The van der Waals surface area contributed by atoms with Crippen LogP contribution in [0.2, 0.25) is 0 Å². The van der Waals surface area contributed by atoms with Crippen molar-refractivity contribution >= 4 is 12.0 Å². The van der Waals surface area contributed by atoms with Crippen LogP contribution in [0.15, 0.2) is 18.2 Å². The van der Waals surface area contributed by atoms with Crippen molar-refractivity contribution in [3.63, 3.8) is 0 Å². The van der Waals surface area contributed by atoms with Gasteiger partial charge < -0.3 is 29.4 Å². The second-order valence-electron chi connectivity index (χ2n) is 12.1. The SMILES string of the molecule is COCCC(=O)N[C@@H](Cc1cc(F)cc(F)c1)[C@H](O)[C@H]1CO[C@@H](OCC2CCCCC2)[C@H](C)N1C(=O)OC(C)(C)C. The summed E-state index contributed by atoms with van der Waals surface area (Å²) in [5, 5.41) is 14.4. The number of morpholine rings is 1. The first-order valence-electron chi connectivity index (χ1n) is 14.5. The van der Waals surface area contributed by atoms with Gasteiger partial charge in [-0.1, -0.05) is 19.3 Å². The first kappa shape index (κ1) is 33.2. The van der Waals surface area contributed by atoms with Crippen molar-refractivity contribution < 1.29 is 42.4 Å². The molecule has 2 aliphatic rings. The molecule has 0 spiro atoms. The Bertz CT molecular complexity index is 979. The Morgan fingerprint density at radius 1 is 1.15 bits per heavy atom. The quantitative estimate of drug-likeness (QED) is 0.399. The number of hydrogen-bond donors (Lipinski definition) is 2. The molecule has 0 bridgehead atoms. The molecule has 5 atom stereocenters. The van der Waals surface area contributed by atoms with Crippen molar-refractivity contribution in [1.29, 1.82) is 0 Å². The van der Waals surface area contributed by atoms with Gasteiger partial charge in [-0.15, -0.1) is 0 Å². The van der Waals surface area contributed by atoms with Crippen LogP contribution in [-0.4, -0.2) is 85.1 Å². The maximum absolute atomic E-state index is 14.0. The third-order valence-corrected chi connectivity index (χ3v) is 7.51. The highest BCUT2D eigenvalue weighted by molar-refractivity contribution is 5.76. The van der Waals surface area contributed by atoms with Gasteiger partial charge in [-0.25, -0.2) is 13.6 Å². The maximum Gasteiger partial charge on any atom is 0.411 e. The Hall–Kier alpha value is -2.34. The van der Waals surface area contributed by atoms with E-state index in [-0.39, 0.29) is 31.6 Å². The number of aliphatic hydroxyl groups is 1. The predicted octanol–water partition coefficient (Wildman–Crippen LogP) is 4.34. The van der Waals surface area contributed by atoms with Crippen LogP contribution in [0.25, 0.3) is 0 Å². The number of carbonyl (C=O) groups excluding carboxylic acids is 2. The van der Waals surface area contributed by atoms with Gasteiger partial charge in [-0.3, -0.25) is 9.69 Å². The summed E-state index contributed by atoms with van der Waals surface area (Å²) >= 11 is 0. The zero-order chi connectivity index (χ0) is 30.2. The van der Waals surface area contributed by atoms with Gasteiger partial charge in [0.1, 0.15) is 17.2 Å². The smallest absolute Gasteiger partial charge is 0.411 e. The van der Waals surface area contributed by atoms with E-state index in [4.69, 9.17) is 18.9 Å². The van der Waals surface area contributed by atoms with Gasteiger partial charge in [0.25, 0.3) is 0 Å². The Balaban J connectivity index is 1.85. The average Bonchev–Trinajstić information content (AvgIpc) is 2.89. The number of benzene rings is 1. The average molecular weight is 585 g/mol. The predicted molar refractivity (Wildman–Crippen MR) is 148 cm³/mol. The molecule has 11 heteroatoms. The number of aliphatic hydroxyl groups excluding tert-OH is 1. The number of nitrogens with zero attached hydrogens (tertiary/aromatic N) is 1. The lowest BCUT2D eigenvalue weighted by molar-refractivity contribution is -0.231. The van der Waals surface area contributed by atoms with E-state index >= 15 is 0 Å².